The molecule has 4 nitrogen and oxygen atoms in total. The molecule has 0 spiro atoms. The summed E-state index contributed by atoms with van der Waals surface area (Å²) < 4.78 is 5.42. The summed E-state index contributed by atoms with van der Waals surface area (Å²) in [5.74, 6) is 1.48. The first kappa shape index (κ1) is 19.0. The first-order valence-corrected chi connectivity index (χ1v) is 10.4. The minimum Gasteiger partial charge on any atom is -0.496 e. The highest BCUT2D eigenvalue weighted by molar-refractivity contribution is 6.02. The molecule has 0 N–H and O–H groups in total. The third-order valence-corrected chi connectivity index (χ3v) is 6.77. The number of ether oxygens (including phenoxy) is 1. The van der Waals surface area contributed by atoms with Gasteiger partial charge in [0.05, 0.1) is 19.6 Å². The van der Waals surface area contributed by atoms with Crippen molar-refractivity contribution in [1.82, 2.24) is 4.90 Å². The second-order valence-electron chi connectivity index (χ2n) is 8.33. The maximum atomic E-state index is 13.4. The van der Waals surface area contributed by atoms with Gasteiger partial charge in [-0.3, -0.25) is 9.69 Å². The Morgan fingerprint density at radius 2 is 2.07 bits per heavy atom. The van der Waals surface area contributed by atoms with Crippen LogP contribution in [0.3, 0.4) is 0 Å². The van der Waals surface area contributed by atoms with Gasteiger partial charge in [0.25, 0.3) is 0 Å². The third-order valence-electron chi connectivity index (χ3n) is 6.77. The van der Waals surface area contributed by atoms with Crippen LogP contribution in [0.15, 0.2) is 30.3 Å². The topological polar surface area (TPSA) is 53.3 Å². The molecule has 4 heteroatoms. The van der Waals surface area contributed by atoms with Gasteiger partial charge in [-0.1, -0.05) is 31.5 Å². The summed E-state index contributed by atoms with van der Waals surface area (Å²) in [6.45, 7) is 4.24. The van der Waals surface area contributed by atoms with E-state index in [1.165, 1.54) is 19.3 Å². The number of piperidine rings is 1. The Morgan fingerprint density at radius 3 is 2.75 bits per heavy atom. The van der Waals surface area contributed by atoms with Crippen molar-refractivity contribution < 1.29 is 9.53 Å². The zero-order valence-electron chi connectivity index (χ0n) is 16.8. The Hall–Kier alpha value is -2.38. The van der Waals surface area contributed by atoms with Crippen LogP contribution in [0.25, 0.3) is 10.8 Å². The van der Waals surface area contributed by atoms with Crippen molar-refractivity contribution in [3.05, 3.63) is 41.5 Å². The molecule has 146 valence electrons. The van der Waals surface area contributed by atoms with Gasteiger partial charge in [-0.2, -0.15) is 5.26 Å². The van der Waals surface area contributed by atoms with Crippen molar-refractivity contribution in [2.45, 2.75) is 45.1 Å². The molecule has 1 saturated carbocycles. The molecule has 2 aliphatic rings. The summed E-state index contributed by atoms with van der Waals surface area (Å²) in [7, 11) is 1.62. The van der Waals surface area contributed by atoms with Gasteiger partial charge in [-0.05, 0) is 54.6 Å². The quantitative estimate of drug-likeness (QED) is 0.715. The molecule has 4 rings (SSSR count). The molecule has 1 aliphatic heterocycles. The van der Waals surface area contributed by atoms with Crippen molar-refractivity contribution in [3.63, 3.8) is 0 Å². The molecule has 0 bridgehead atoms. The maximum Gasteiger partial charge on any atom is 0.167 e. The van der Waals surface area contributed by atoms with E-state index in [1.807, 2.05) is 30.3 Å². The van der Waals surface area contributed by atoms with Gasteiger partial charge in [0.2, 0.25) is 0 Å². The van der Waals surface area contributed by atoms with E-state index in [9.17, 15) is 10.1 Å². The summed E-state index contributed by atoms with van der Waals surface area (Å²) in [4.78, 5) is 15.9. The highest BCUT2D eigenvalue weighted by Crippen LogP contribution is 2.34. The van der Waals surface area contributed by atoms with Crippen LogP contribution in [0.5, 0.6) is 5.75 Å². The molecule has 2 aromatic rings. The predicted octanol–water partition coefficient (Wildman–Crippen LogP) is 4.61. The highest BCUT2D eigenvalue weighted by Gasteiger charge is 2.36. The lowest BCUT2D eigenvalue weighted by atomic mass is 9.79. The fourth-order valence-corrected chi connectivity index (χ4v) is 4.71. The van der Waals surface area contributed by atoms with Crippen LogP contribution in [0.4, 0.5) is 0 Å². The van der Waals surface area contributed by atoms with Crippen LogP contribution in [0.1, 0.15) is 48.5 Å². The van der Waals surface area contributed by atoms with Crippen LogP contribution >= 0.6 is 0 Å². The number of hydrogen-bond donors (Lipinski definition) is 0. The lowest BCUT2D eigenvalue weighted by Crippen LogP contribution is -2.49. The number of fused-ring (bicyclic) bond motifs is 1. The van der Waals surface area contributed by atoms with Crippen LogP contribution in [-0.2, 0) is 6.42 Å². The number of carbonyl (C=O) groups is 1. The monoisotopic (exact) mass is 376 g/mol. The minimum atomic E-state index is 0.0728. The van der Waals surface area contributed by atoms with Crippen molar-refractivity contribution >= 4 is 16.6 Å². The van der Waals surface area contributed by atoms with Crippen LogP contribution < -0.4 is 4.74 Å². The van der Waals surface area contributed by atoms with Crippen molar-refractivity contribution in [2.24, 2.45) is 11.8 Å². The summed E-state index contributed by atoms with van der Waals surface area (Å²) >= 11 is 0. The molecule has 0 aromatic heterocycles. The van der Waals surface area contributed by atoms with Crippen LogP contribution in [0, 0.1) is 23.2 Å². The van der Waals surface area contributed by atoms with Gasteiger partial charge in [0.1, 0.15) is 5.75 Å². The zero-order chi connectivity index (χ0) is 19.7. The number of likely N-dealkylation sites (tertiary alicyclic amines) is 1. The maximum absolute atomic E-state index is 13.4. The third kappa shape index (κ3) is 3.40. The second kappa shape index (κ2) is 7.93. The van der Waals surface area contributed by atoms with Crippen molar-refractivity contribution in [2.75, 3.05) is 20.2 Å². The number of rotatable bonds is 5. The van der Waals surface area contributed by atoms with Crippen LogP contribution in [0.2, 0.25) is 0 Å². The minimum absolute atomic E-state index is 0.0728. The summed E-state index contributed by atoms with van der Waals surface area (Å²) in [5, 5.41) is 11.2. The van der Waals surface area contributed by atoms with Gasteiger partial charge < -0.3 is 4.74 Å². The molecule has 1 heterocycles. The van der Waals surface area contributed by atoms with Gasteiger partial charge in [-0.25, -0.2) is 0 Å². The van der Waals surface area contributed by atoms with E-state index in [0.29, 0.717) is 18.4 Å². The molecular formula is C24H28N2O2. The van der Waals surface area contributed by atoms with E-state index >= 15 is 0 Å². The molecular weight excluding hydrogens is 348 g/mol. The zero-order valence-corrected chi connectivity index (χ0v) is 16.8. The molecule has 1 aliphatic carbocycles. The standard InChI is InChI=1S/C24H28N2O2/c1-16-11-13-26(19-4-3-5-19)15-22(16)24(27)18-6-8-20-17(14-18)7-9-23(28-2)21(20)10-12-25/h6-9,14,16,19,22H,3-5,10-11,13,15H2,1-2H3/t16-,22+/m0/s1. The molecule has 0 amide bonds. The summed E-state index contributed by atoms with van der Waals surface area (Å²) in [6.07, 6.45) is 5.30. The molecule has 2 fully saturated rings. The average molecular weight is 377 g/mol. The Morgan fingerprint density at radius 1 is 1.25 bits per heavy atom. The number of hydrogen-bond acceptors (Lipinski definition) is 4. The number of ketones is 1. The molecule has 0 radical (unpaired) electrons. The van der Waals surface area contributed by atoms with E-state index < -0.39 is 0 Å². The van der Waals surface area contributed by atoms with E-state index in [-0.39, 0.29) is 11.7 Å². The van der Waals surface area contributed by atoms with E-state index in [2.05, 4.69) is 17.9 Å². The summed E-state index contributed by atoms with van der Waals surface area (Å²) in [6, 6.07) is 12.7. The number of Topliss-reactive ketones (excluding diaryl/α,β-unsaturated/α-hetero) is 1. The molecule has 28 heavy (non-hydrogen) atoms. The first-order chi connectivity index (χ1) is 13.6. The SMILES string of the molecule is COc1ccc2cc(C(=O)[C@@H]3CN(C4CCC4)CC[C@@H]3C)ccc2c1CC#N. The van der Waals surface area contributed by atoms with E-state index in [4.69, 9.17) is 4.74 Å². The van der Waals surface area contributed by atoms with Crippen molar-refractivity contribution in [1.29, 1.82) is 5.26 Å². The number of methoxy groups -OCH3 is 1. The normalized spacial score (nSPS) is 23.2. The Kier molecular flexibility index (Phi) is 5.37. The van der Waals surface area contributed by atoms with Gasteiger partial charge in [0, 0.05) is 29.6 Å². The Labute approximate surface area is 167 Å². The largest absolute Gasteiger partial charge is 0.496 e. The Bertz CT molecular complexity index is 926. The average Bonchev–Trinajstić information content (AvgIpc) is 2.67. The van der Waals surface area contributed by atoms with Crippen molar-refractivity contribution in [3.8, 4) is 11.8 Å². The van der Waals surface area contributed by atoms with Gasteiger partial charge >= 0.3 is 0 Å². The molecule has 1 saturated heterocycles. The van der Waals surface area contributed by atoms with Gasteiger partial charge in [-0.15, -0.1) is 0 Å². The highest BCUT2D eigenvalue weighted by atomic mass is 16.5. The molecule has 0 unspecified atom stereocenters. The van der Waals surface area contributed by atoms with Gasteiger partial charge in [0.15, 0.2) is 5.78 Å². The lowest BCUT2D eigenvalue weighted by Gasteiger charge is -2.44. The number of carbonyl (C=O) groups excluding carboxylic acids is 1. The molecule has 2 atom stereocenters. The molecule has 2 aromatic carbocycles. The predicted molar refractivity (Wildman–Crippen MR) is 111 cm³/mol. The smallest absolute Gasteiger partial charge is 0.167 e. The lowest BCUT2D eigenvalue weighted by molar-refractivity contribution is 0.0445. The first-order valence-electron chi connectivity index (χ1n) is 10.4. The fraction of sp³-hybridized carbons (Fsp3) is 0.500. The number of benzene rings is 2. The number of nitrogens with zero attached hydrogens (tertiary/aromatic N) is 2. The summed E-state index contributed by atoms with van der Waals surface area (Å²) in [5.41, 5.74) is 1.68. The van der Waals surface area contributed by atoms with E-state index in [1.54, 1.807) is 7.11 Å². The number of nitriles is 1. The van der Waals surface area contributed by atoms with E-state index in [0.717, 1.165) is 47.2 Å². The Balaban J connectivity index is 1.62. The van der Waals surface area contributed by atoms with Crippen LogP contribution in [-0.4, -0.2) is 36.9 Å². The second-order valence-corrected chi connectivity index (χ2v) is 8.33. The fourth-order valence-electron chi connectivity index (χ4n) is 4.71.